The van der Waals surface area contributed by atoms with Crippen LogP contribution in [0.2, 0.25) is 0 Å². The number of anilines is 2. The highest BCUT2D eigenvalue weighted by atomic mass is 19.3. The number of aromatic nitrogens is 7. The number of nitrogen functional groups attached to an aromatic ring is 1. The fourth-order valence-electron chi connectivity index (χ4n) is 4.60. The lowest BCUT2D eigenvalue weighted by atomic mass is 10.0. The van der Waals surface area contributed by atoms with Crippen LogP contribution in [-0.2, 0) is 11.3 Å². The van der Waals surface area contributed by atoms with Crippen molar-refractivity contribution in [2.75, 3.05) is 37.4 Å². The van der Waals surface area contributed by atoms with Crippen LogP contribution in [0.15, 0.2) is 24.4 Å². The van der Waals surface area contributed by atoms with Gasteiger partial charge >= 0.3 is 0 Å². The van der Waals surface area contributed by atoms with Crippen molar-refractivity contribution in [1.29, 1.82) is 0 Å². The van der Waals surface area contributed by atoms with Gasteiger partial charge in [0, 0.05) is 30.9 Å². The number of nitrogens with zero attached hydrogens (tertiary/aromatic N) is 8. The second kappa shape index (κ2) is 8.40. The predicted molar refractivity (Wildman–Crippen MR) is 121 cm³/mol. The van der Waals surface area contributed by atoms with Crippen molar-refractivity contribution < 1.29 is 13.5 Å². The van der Waals surface area contributed by atoms with E-state index in [1.54, 1.807) is 22.8 Å². The number of alkyl halides is 2. The zero-order chi connectivity index (χ0) is 23.2. The number of hydrogen-bond acceptors (Lipinski definition) is 9. The summed E-state index contributed by atoms with van der Waals surface area (Å²) in [5.74, 6) is 0.780. The molecule has 4 aromatic rings. The molecular formula is C21H24F2N10O. The van der Waals surface area contributed by atoms with Crippen molar-refractivity contribution >= 4 is 28.4 Å². The maximum absolute atomic E-state index is 12.9. The van der Waals surface area contributed by atoms with Gasteiger partial charge in [0.25, 0.3) is 6.43 Å². The maximum atomic E-state index is 12.9. The van der Waals surface area contributed by atoms with Crippen LogP contribution >= 0.6 is 0 Å². The summed E-state index contributed by atoms with van der Waals surface area (Å²) in [6, 6.07) is 6.12. The quantitative estimate of drug-likeness (QED) is 0.433. The average Bonchev–Trinajstić information content (AvgIpc) is 3.38. The van der Waals surface area contributed by atoms with Crippen LogP contribution in [0.25, 0.3) is 27.9 Å². The highest BCUT2D eigenvalue weighted by molar-refractivity contribution is 5.88. The van der Waals surface area contributed by atoms with E-state index in [-0.39, 0.29) is 11.7 Å². The van der Waals surface area contributed by atoms with E-state index in [9.17, 15) is 8.78 Å². The number of piperidine rings is 1. The van der Waals surface area contributed by atoms with Gasteiger partial charge in [-0.25, -0.2) is 23.0 Å². The van der Waals surface area contributed by atoms with Gasteiger partial charge in [-0.2, -0.15) is 4.98 Å². The minimum atomic E-state index is -2.56. The molecule has 2 fully saturated rings. The second-order valence-electron chi connectivity index (χ2n) is 8.69. The second-order valence-corrected chi connectivity index (χ2v) is 8.69. The molecule has 0 aliphatic carbocycles. The zero-order valence-electron chi connectivity index (χ0n) is 18.3. The molecule has 0 radical (unpaired) electrons. The van der Waals surface area contributed by atoms with Crippen LogP contribution in [-0.4, -0.2) is 84.3 Å². The van der Waals surface area contributed by atoms with Crippen LogP contribution < -0.4 is 11.1 Å². The highest BCUT2D eigenvalue weighted by Crippen LogP contribution is 2.29. The van der Waals surface area contributed by atoms with Crippen molar-refractivity contribution in [3.8, 4) is 11.3 Å². The van der Waals surface area contributed by atoms with Gasteiger partial charge in [-0.3, -0.25) is 4.90 Å². The van der Waals surface area contributed by atoms with Crippen molar-refractivity contribution in [3.63, 3.8) is 0 Å². The molecular weight excluding hydrogens is 446 g/mol. The molecule has 6 rings (SSSR count). The summed E-state index contributed by atoms with van der Waals surface area (Å²) in [7, 11) is 0. The van der Waals surface area contributed by atoms with Crippen molar-refractivity contribution in [3.05, 3.63) is 24.4 Å². The first-order chi connectivity index (χ1) is 16.5. The van der Waals surface area contributed by atoms with E-state index in [4.69, 9.17) is 10.5 Å². The Morgan fingerprint density at radius 3 is 2.71 bits per heavy atom. The fraction of sp³-hybridized carbons (Fsp3) is 0.476. The van der Waals surface area contributed by atoms with Crippen LogP contribution in [0.3, 0.4) is 0 Å². The summed E-state index contributed by atoms with van der Waals surface area (Å²) in [6.07, 6.45) is 1.23. The molecule has 2 aliphatic rings. The van der Waals surface area contributed by atoms with Crippen molar-refractivity contribution in [1.82, 2.24) is 39.5 Å². The molecule has 178 valence electrons. The predicted octanol–water partition coefficient (Wildman–Crippen LogP) is 1.66. The smallest absolute Gasteiger partial charge is 0.258 e. The Bertz CT molecular complexity index is 1330. The lowest BCUT2D eigenvalue weighted by Gasteiger charge is -2.41. The van der Waals surface area contributed by atoms with Crippen LogP contribution in [0, 0.1) is 0 Å². The molecule has 0 saturated carbocycles. The van der Waals surface area contributed by atoms with E-state index < -0.39 is 13.0 Å². The molecule has 0 unspecified atom stereocenters. The first kappa shape index (κ1) is 21.1. The number of ether oxygens (including phenoxy) is 1. The molecule has 6 heterocycles. The van der Waals surface area contributed by atoms with Crippen molar-refractivity contribution in [2.24, 2.45) is 0 Å². The van der Waals surface area contributed by atoms with Crippen LogP contribution in [0.1, 0.15) is 12.8 Å². The molecule has 34 heavy (non-hydrogen) atoms. The monoisotopic (exact) mass is 470 g/mol. The first-order valence-corrected chi connectivity index (χ1v) is 11.3. The van der Waals surface area contributed by atoms with Gasteiger partial charge < -0.3 is 15.8 Å². The SMILES string of the molecule is Nc1nc(NC2CCN(C3COC3)CC2)nn2ccc(-c3ccc4nnn(CC(F)F)c4n3)c12. The fourth-order valence-corrected chi connectivity index (χ4v) is 4.60. The maximum Gasteiger partial charge on any atom is 0.258 e. The number of pyridine rings is 1. The molecule has 0 atom stereocenters. The number of nitrogens with one attached hydrogen (secondary N) is 1. The number of hydrogen-bond donors (Lipinski definition) is 2. The van der Waals surface area contributed by atoms with Gasteiger partial charge in [0.05, 0.1) is 24.9 Å². The zero-order valence-corrected chi connectivity index (χ0v) is 18.3. The van der Waals surface area contributed by atoms with E-state index in [1.165, 1.54) is 0 Å². The third kappa shape index (κ3) is 3.80. The van der Waals surface area contributed by atoms with Gasteiger partial charge in [0.1, 0.15) is 17.6 Å². The molecule has 3 N–H and O–H groups in total. The number of fused-ring (bicyclic) bond motifs is 2. The Labute approximate surface area is 192 Å². The van der Waals surface area contributed by atoms with Crippen molar-refractivity contribution in [2.45, 2.75) is 37.9 Å². The number of rotatable bonds is 6. The Kier molecular flexibility index (Phi) is 5.21. The number of halogens is 2. The summed E-state index contributed by atoms with van der Waals surface area (Å²) >= 11 is 0. The van der Waals surface area contributed by atoms with E-state index in [0.29, 0.717) is 40.1 Å². The summed E-state index contributed by atoms with van der Waals surface area (Å²) < 4.78 is 33.8. The molecule has 13 heteroatoms. The summed E-state index contributed by atoms with van der Waals surface area (Å²) in [5.41, 5.74) is 8.92. The van der Waals surface area contributed by atoms with E-state index in [0.717, 1.165) is 43.8 Å². The summed E-state index contributed by atoms with van der Waals surface area (Å²) in [4.78, 5) is 11.5. The topological polar surface area (TPSA) is 124 Å². The number of nitrogens with two attached hydrogens (primary N) is 1. The van der Waals surface area contributed by atoms with Gasteiger partial charge in [-0.1, -0.05) is 5.21 Å². The Morgan fingerprint density at radius 1 is 1.15 bits per heavy atom. The van der Waals surface area contributed by atoms with Gasteiger partial charge in [-0.05, 0) is 31.0 Å². The Morgan fingerprint density at radius 2 is 1.97 bits per heavy atom. The normalized spacial score (nSPS) is 18.2. The summed E-state index contributed by atoms with van der Waals surface area (Å²) in [5, 5.41) is 15.7. The highest BCUT2D eigenvalue weighted by Gasteiger charge is 2.30. The van der Waals surface area contributed by atoms with Gasteiger partial charge in [-0.15, -0.1) is 10.2 Å². The van der Waals surface area contributed by atoms with Crippen LogP contribution in [0.4, 0.5) is 20.5 Å². The lowest BCUT2D eigenvalue weighted by Crippen LogP contribution is -2.53. The third-order valence-electron chi connectivity index (χ3n) is 6.48. The third-order valence-corrected chi connectivity index (χ3v) is 6.48. The molecule has 0 aromatic carbocycles. The summed E-state index contributed by atoms with van der Waals surface area (Å²) in [6.45, 7) is 3.12. The Hall–Kier alpha value is -3.45. The standard InChI is InChI=1S/C21H24F2N10O/c22-17(23)9-33-20-16(28-30-33)2-1-15(26-20)14-5-8-32-18(14)19(24)27-21(29-32)25-12-3-6-31(7-4-12)13-10-34-11-13/h1-2,5,8,12-13,17H,3-4,6-7,9-11H2,(H3,24,25,27,29). The molecule has 0 amide bonds. The van der Waals surface area contributed by atoms with E-state index in [2.05, 4.69) is 35.6 Å². The Balaban J connectivity index is 1.24. The van der Waals surface area contributed by atoms with Crippen LogP contribution in [0.5, 0.6) is 0 Å². The lowest BCUT2D eigenvalue weighted by molar-refractivity contribution is -0.0705. The van der Waals surface area contributed by atoms with E-state index >= 15 is 0 Å². The van der Waals surface area contributed by atoms with Gasteiger partial charge in [0.2, 0.25) is 5.95 Å². The minimum absolute atomic E-state index is 0.274. The van der Waals surface area contributed by atoms with E-state index in [1.807, 2.05) is 6.07 Å². The minimum Gasteiger partial charge on any atom is -0.382 e. The average molecular weight is 470 g/mol. The molecule has 0 spiro atoms. The molecule has 2 aliphatic heterocycles. The van der Waals surface area contributed by atoms with Gasteiger partial charge in [0.15, 0.2) is 11.5 Å². The number of likely N-dealkylation sites (tertiary alicyclic amines) is 1. The molecule has 0 bridgehead atoms. The molecule has 4 aromatic heterocycles. The first-order valence-electron chi connectivity index (χ1n) is 11.3. The molecule has 11 nitrogen and oxygen atoms in total. The molecule has 2 saturated heterocycles. The largest absolute Gasteiger partial charge is 0.382 e.